The third-order valence-electron chi connectivity index (χ3n) is 4.35. The Morgan fingerprint density at radius 1 is 1.32 bits per heavy atom. The van der Waals surface area contributed by atoms with Gasteiger partial charge in [0.15, 0.2) is 0 Å². The van der Waals surface area contributed by atoms with Crippen LogP contribution in [-0.2, 0) is 14.3 Å². The normalized spacial score (nSPS) is 28.9. The highest BCUT2D eigenvalue weighted by atomic mass is 16.6. The Morgan fingerprint density at radius 2 is 2.05 bits per heavy atom. The van der Waals surface area contributed by atoms with Gasteiger partial charge in [0.1, 0.15) is 11.4 Å². The first kappa shape index (κ1) is 17.3. The Bertz CT molecular complexity index is 429. The van der Waals surface area contributed by atoms with Crippen LogP contribution >= 0.6 is 0 Å². The lowest BCUT2D eigenvalue weighted by molar-refractivity contribution is -0.119. The minimum absolute atomic E-state index is 0.155. The van der Waals surface area contributed by atoms with Gasteiger partial charge in [-0.05, 0) is 59.8 Å². The second-order valence-electron chi connectivity index (χ2n) is 7.71. The molecular weight excluding hydrogens is 282 g/mol. The summed E-state index contributed by atoms with van der Waals surface area (Å²) in [6.45, 7) is 8.61. The Kier molecular flexibility index (Phi) is 5.15. The molecule has 0 aliphatic carbocycles. The van der Waals surface area contributed by atoms with E-state index in [-0.39, 0.29) is 23.6 Å². The molecule has 1 spiro atoms. The van der Waals surface area contributed by atoms with Gasteiger partial charge in [0.25, 0.3) is 0 Å². The van der Waals surface area contributed by atoms with Crippen LogP contribution in [-0.4, -0.2) is 47.2 Å². The lowest BCUT2D eigenvalue weighted by Gasteiger charge is -2.40. The van der Waals surface area contributed by atoms with Crippen molar-refractivity contribution in [1.29, 1.82) is 0 Å². The molecule has 0 radical (unpaired) electrons. The monoisotopic (exact) mass is 311 g/mol. The third-order valence-corrected chi connectivity index (χ3v) is 4.35. The zero-order valence-corrected chi connectivity index (χ0v) is 14.3. The van der Waals surface area contributed by atoms with Crippen LogP contribution < -0.4 is 0 Å². The first-order valence-corrected chi connectivity index (χ1v) is 8.34. The van der Waals surface area contributed by atoms with E-state index in [0.29, 0.717) is 13.0 Å². The molecule has 5 heteroatoms. The topological polar surface area (TPSA) is 55.8 Å². The largest absolute Gasteiger partial charge is 0.444 e. The Labute approximate surface area is 133 Å². The van der Waals surface area contributed by atoms with Crippen molar-refractivity contribution in [3.8, 4) is 0 Å². The number of piperidine rings is 1. The molecule has 2 rings (SSSR count). The number of rotatable bonds is 3. The Balaban J connectivity index is 1.90. The summed E-state index contributed by atoms with van der Waals surface area (Å²) >= 11 is 0. The zero-order valence-electron chi connectivity index (χ0n) is 14.3. The van der Waals surface area contributed by atoms with Gasteiger partial charge in [-0.25, -0.2) is 4.79 Å². The van der Waals surface area contributed by atoms with Crippen LogP contribution in [0.3, 0.4) is 0 Å². The number of likely N-dealkylation sites (tertiary alicyclic amines) is 1. The Hall–Kier alpha value is -1.10. The van der Waals surface area contributed by atoms with Gasteiger partial charge in [-0.15, -0.1) is 0 Å². The van der Waals surface area contributed by atoms with E-state index in [1.54, 1.807) is 11.8 Å². The average molecular weight is 311 g/mol. The second-order valence-corrected chi connectivity index (χ2v) is 7.71. The molecule has 1 amide bonds. The lowest BCUT2D eigenvalue weighted by atomic mass is 9.90. The van der Waals surface area contributed by atoms with Gasteiger partial charge in [-0.1, -0.05) is 0 Å². The van der Waals surface area contributed by atoms with Crippen molar-refractivity contribution in [1.82, 2.24) is 4.90 Å². The molecule has 2 saturated heterocycles. The number of hydrogen-bond acceptors (Lipinski definition) is 4. The van der Waals surface area contributed by atoms with Crippen LogP contribution in [0.5, 0.6) is 0 Å². The van der Waals surface area contributed by atoms with Crippen molar-refractivity contribution in [2.24, 2.45) is 0 Å². The standard InChI is InChI=1S/C17H29NO4/c1-13(19)6-7-14-8-10-17(21-14)9-5-11-18(12-17)15(20)22-16(2,3)4/h14H,5-12H2,1-4H3/t14-,17+/m0/s1. The molecule has 2 heterocycles. The Morgan fingerprint density at radius 3 is 2.68 bits per heavy atom. The molecule has 2 aliphatic heterocycles. The summed E-state index contributed by atoms with van der Waals surface area (Å²) < 4.78 is 11.7. The number of carbonyl (C=O) groups excluding carboxylic acids is 2. The number of ketones is 1. The van der Waals surface area contributed by atoms with E-state index in [1.807, 2.05) is 20.8 Å². The minimum atomic E-state index is -0.470. The SMILES string of the molecule is CC(=O)CC[C@H]1CC[C@@]2(CCCN(C(=O)OC(C)(C)C)C2)O1. The molecule has 5 nitrogen and oxygen atoms in total. The summed E-state index contributed by atoms with van der Waals surface area (Å²) in [6, 6.07) is 0. The van der Waals surface area contributed by atoms with E-state index in [0.717, 1.165) is 38.6 Å². The number of hydrogen-bond donors (Lipinski definition) is 0. The molecule has 0 bridgehead atoms. The molecule has 0 aromatic heterocycles. The van der Waals surface area contributed by atoms with E-state index >= 15 is 0 Å². The molecule has 2 atom stereocenters. The average Bonchev–Trinajstić information content (AvgIpc) is 2.77. The van der Waals surface area contributed by atoms with Gasteiger partial charge in [0.2, 0.25) is 0 Å². The predicted molar refractivity (Wildman–Crippen MR) is 83.8 cm³/mol. The fraction of sp³-hybridized carbons (Fsp3) is 0.882. The summed E-state index contributed by atoms with van der Waals surface area (Å²) in [5.41, 5.74) is -0.696. The maximum absolute atomic E-state index is 12.3. The quantitative estimate of drug-likeness (QED) is 0.802. The van der Waals surface area contributed by atoms with Crippen molar-refractivity contribution < 1.29 is 19.1 Å². The minimum Gasteiger partial charge on any atom is -0.444 e. The number of Topliss-reactive ketones (excluding diaryl/α,β-unsaturated/α-hetero) is 1. The van der Waals surface area contributed by atoms with Gasteiger partial charge in [0.05, 0.1) is 18.2 Å². The molecule has 126 valence electrons. The first-order valence-electron chi connectivity index (χ1n) is 8.34. The maximum atomic E-state index is 12.3. The highest BCUT2D eigenvalue weighted by Crippen LogP contribution is 2.39. The third kappa shape index (κ3) is 4.70. The predicted octanol–water partition coefficient (Wildman–Crippen LogP) is 3.30. The summed E-state index contributed by atoms with van der Waals surface area (Å²) in [7, 11) is 0. The highest BCUT2D eigenvalue weighted by molar-refractivity contribution is 5.75. The molecule has 2 aliphatic rings. The van der Waals surface area contributed by atoms with Gasteiger partial charge >= 0.3 is 6.09 Å². The van der Waals surface area contributed by atoms with Crippen LogP contribution in [0, 0.1) is 0 Å². The van der Waals surface area contributed by atoms with Crippen molar-refractivity contribution in [2.45, 2.75) is 83.5 Å². The van der Waals surface area contributed by atoms with Crippen molar-refractivity contribution in [3.63, 3.8) is 0 Å². The van der Waals surface area contributed by atoms with Crippen molar-refractivity contribution >= 4 is 11.9 Å². The van der Waals surface area contributed by atoms with Crippen LogP contribution in [0.15, 0.2) is 0 Å². The fourth-order valence-electron chi connectivity index (χ4n) is 3.34. The van der Waals surface area contributed by atoms with Gasteiger partial charge in [-0.2, -0.15) is 0 Å². The van der Waals surface area contributed by atoms with Crippen LogP contribution in [0.1, 0.15) is 66.2 Å². The van der Waals surface area contributed by atoms with E-state index in [4.69, 9.17) is 9.47 Å². The summed E-state index contributed by atoms with van der Waals surface area (Å²) in [6.07, 6.45) is 5.16. The smallest absolute Gasteiger partial charge is 0.410 e. The van der Waals surface area contributed by atoms with E-state index in [1.165, 1.54) is 0 Å². The number of carbonyl (C=O) groups is 2. The molecular formula is C17H29NO4. The first-order chi connectivity index (χ1) is 10.2. The number of ether oxygens (including phenoxy) is 2. The summed E-state index contributed by atoms with van der Waals surface area (Å²) in [5, 5.41) is 0. The van der Waals surface area contributed by atoms with Gasteiger partial charge in [-0.3, -0.25) is 0 Å². The van der Waals surface area contributed by atoms with E-state index < -0.39 is 5.60 Å². The second kappa shape index (κ2) is 6.57. The molecule has 0 aromatic carbocycles. The van der Waals surface area contributed by atoms with Crippen LogP contribution in [0.2, 0.25) is 0 Å². The summed E-state index contributed by atoms with van der Waals surface area (Å²) in [4.78, 5) is 25.2. The maximum Gasteiger partial charge on any atom is 0.410 e. The number of nitrogens with zero attached hydrogens (tertiary/aromatic N) is 1. The van der Waals surface area contributed by atoms with Gasteiger partial charge in [0, 0.05) is 13.0 Å². The molecule has 0 unspecified atom stereocenters. The lowest BCUT2D eigenvalue weighted by Crippen LogP contribution is -2.51. The molecule has 2 fully saturated rings. The molecule has 0 saturated carbocycles. The van der Waals surface area contributed by atoms with E-state index in [9.17, 15) is 9.59 Å². The molecule has 0 aromatic rings. The fourth-order valence-corrected chi connectivity index (χ4v) is 3.34. The number of amides is 1. The van der Waals surface area contributed by atoms with Gasteiger partial charge < -0.3 is 19.2 Å². The molecule has 0 N–H and O–H groups in total. The summed E-state index contributed by atoms with van der Waals surface area (Å²) in [5.74, 6) is 0.212. The van der Waals surface area contributed by atoms with Crippen molar-refractivity contribution in [3.05, 3.63) is 0 Å². The van der Waals surface area contributed by atoms with Crippen molar-refractivity contribution in [2.75, 3.05) is 13.1 Å². The highest BCUT2D eigenvalue weighted by Gasteiger charge is 2.44. The van der Waals surface area contributed by atoms with E-state index in [2.05, 4.69) is 0 Å². The molecule has 22 heavy (non-hydrogen) atoms. The van der Waals surface area contributed by atoms with Crippen LogP contribution in [0.4, 0.5) is 4.79 Å². The van der Waals surface area contributed by atoms with Crippen LogP contribution in [0.25, 0.3) is 0 Å². The zero-order chi connectivity index (χ0) is 16.4.